The molecular formula is C19H21N3O2S. The van der Waals surface area contributed by atoms with E-state index in [4.69, 9.17) is 0 Å². The minimum absolute atomic E-state index is 0.379. The monoisotopic (exact) mass is 355 g/mol. The molecule has 1 aliphatic rings. The van der Waals surface area contributed by atoms with Crippen LogP contribution in [0.15, 0.2) is 47.4 Å². The Morgan fingerprint density at radius 2 is 1.68 bits per heavy atom. The number of rotatable bonds is 3. The Bertz CT molecular complexity index is 924. The second-order valence-electron chi connectivity index (χ2n) is 6.29. The molecule has 0 bridgehead atoms. The summed E-state index contributed by atoms with van der Waals surface area (Å²) in [6.45, 7) is 5.75. The summed E-state index contributed by atoms with van der Waals surface area (Å²) in [5.74, 6) is 0. The van der Waals surface area contributed by atoms with Crippen LogP contribution in [0.3, 0.4) is 0 Å². The summed E-state index contributed by atoms with van der Waals surface area (Å²) in [4.78, 5) is 2.45. The van der Waals surface area contributed by atoms with Crippen molar-refractivity contribution >= 4 is 15.7 Å². The highest BCUT2D eigenvalue weighted by atomic mass is 32.2. The van der Waals surface area contributed by atoms with Gasteiger partial charge in [0.15, 0.2) is 0 Å². The molecule has 1 heterocycles. The van der Waals surface area contributed by atoms with Crippen molar-refractivity contribution in [2.24, 2.45) is 0 Å². The Labute approximate surface area is 149 Å². The molecule has 0 aliphatic carbocycles. The first-order chi connectivity index (χ1) is 11.9. The second-order valence-corrected chi connectivity index (χ2v) is 8.20. The van der Waals surface area contributed by atoms with E-state index in [1.807, 2.05) is 44.2 Å². The van der Waals surface area contributed by atoms with Gasteiger partial charge in [0.1, 0.15) is 6.07 Å². The number of hydrogen-bond acceptors (Lipinski definition) is 4. The highest BCUT2D eigenvalue weighted by Gasteiger charge is 2.30. The Hall–Kier alpha value is -2.36. The zero-order chi connectivity index (χ0) is 18.0. The fourth-order valence-electron chi connectivity index (χ4n) is 3.24. The van der Waals surface area contributed by atoms with Gasteiger partial charge < -0.3 is 4.90 Å². The van der Waals surface area contributed by atoms with Crippen molar-refractivity contribution in [3.63, 3.8) is 0 Å². The lowest BCUT2D eigenvalue weighted by Gasteiger charge is -2.36. The zero-order valence-corrected chi connectivity index (χ0v) is 15.3. The molecule has 0 unspecified atom stereocenters. The summed E-state index contributed by atoms with van der Waals surface area (Å²) in [6.07, 6.45) is 0. The van der Waals surface area contributed by atoms with Gasteiger partial charge in [-0.25, -0.2) is 8.42 Å². The van der Waals surface area contributed by atoms with Gasteiger partial charge >= 0.3 is 0 Å². The van der Waals surface area contributed by atoms with Crippen molar-refractivity contribution in [2.75, 3.05) is 31.1 Å². The molecular weight excluding hydrogens is 334 g/mol. The van der Waals surface area contributed by atoms with Crippen molar-refractivity contribution in [2.45, 2.75) is 18.7 Å². The smallest absolute Gasteiger partial charge is 0.243 e. The van der Waals surface area contributed by atoms with E-state index in [-0.39, 0.29) is 0 Å². The van der Waals surface area contributed by atoms with Gasteiger partial charge in [0.25, 0.3) is 0 Å². The number of piperazine rings is 1. The fraction of sp³-hybridized carbons (Fsp3) is 0.316. The van der Waals surface area contributed by atoms with Crippen LogP contribution < -0.4 is 4.90 Å². The molecule has 0 atom stereocenters. The highest BCUT2D eigenvalue weighted by Crippen LogP contribution is 2.25. The molecule has 0 aromatic heterocycles. The van der Waals surface area contributed by atoms with Crippen LogP contribution in [0.25, 0.3) is 0 Å². The summed E-state index contributed by atoms with van der Waals surface area (Å²) < 4.78 is 27.4. The maximum Gasteiger partial charge on any atom is 0.243 e. The molecule has 2 aromatic rings. The maximum atomic E-state index is 12.9. The lowest BCUT2D eigenvalue weighted by molar-refractivity contribution is 0.384. The molecule has 6 heteroatoms. The second kappa shape index (κ2) is 6.87. The van der Waals surface area contributed by atoms with E-state index in [1.165, 1.54) is 4.31 Å². The third-order valence-electron chi connectivity index (χ3n) is 4.55. The van der Waals surface area contributed by atoms with Crippen LogP contribution in [0.1, 0.15) is 16.7 Å². The quantitative estimate of drug-likeness (QED) is 0.849. The van der Waals surface area contributed by atoms with E-state index < -0.39 is 10.0 Å². The first-order valence-corrected chi connectivity index (χ1v) is 9.69. The number of anilines is 1. The fourth-order valence-corrected chi connectivity index (χ4v) is 4.87. The molecule has 0 radical (unpaired) electrons. The number of nitrogens with zero attached hydrogens (tertiary/aromatic N) is 3. The topological polar surface area (TPSA) is 64.4 Å². The molecule has 3 rings (SSSR count). The largest absolute Gasteiger partial charge is 0.368 e. The van der Waals surface area contributed by atoms with E-state index >= 15 is 0 Å². The summed E-state index contributed by atoms with van der Waals surface area (Å²) >= 11 is 0. The van der Waals surface area contributed by atoms with Crippen molar-refractivity contribution in [3.8, 4) is 6.07 Å². The predicted molar refractivity (Wildman–Crippen MR) is 98.0 cm³/mol. The van der Waals surface area contributed by atoms with E-state index in [0.717, 1.165) is 16.8 Å². The highest BCUT2D eigenvalue weighted by molar-refractivity contribution is 7.89. The van der Waals surface area contributed by atoms with Crippen molar-refractivity contribution in [3.05, 3.63) is 59.2 Å². The summed E-state index contributed by atoms with van der Waals surface area (Å²) in [5.41, 5.74) is 3.31. The molecule has 1 saturated heterocycles. The molecule has 25 heavy (non-hydrogen) atoms. The molecule has 5 nitrogen and oxygen atoms in total. The SMILES string of the molecule is Cc1ccc(S(=O)(=O)N2CCN(c3ccccc3C#N)CC2)c(C)c1. The van der Waals surface area contributed by atoms with Gasteiger partial charge in [-0.2, -0.15) is 9.57 Å². The normalized spacial score (nSPS) is 15.8. The minimum Gasteiger partial charge on any atom is -0.368 e. The number of aryl methyl sites for hydroxylation is 2. The standard InChI is InChI=1S/C19H21N3O2S/c1-15-7-8-19(16(2)13-15)25(23,24)22-11-9-21(10-12-22)18-6-4-3-5-17(18)14-20/h3-8,13H,9-12H2,1-2H3. The third kappa shape index (κ3) is 3.39. The van der Waals surface area contributed by atoms with Crippen LogP contribution in [0.4, 0.5) is 5.69 Å². The van der Waals surface area contributed by atoms with Crippen LogP contribution in [0.2, 0.25) is 0 Å². The van der Waals surface area contributed by atoms with Crippen LogP contribution in [-0.2, 0) is 10.0 Å². The minimum atomic E-state index is -3.49. The Kier molecular flexibility index (Phi) is 4.80. The maximum absolute atomic E-state index is 12.9. The van der Waals surface area contributed by atoms with Crippen molar-refractivity contribution in [1.29, 1.82) is 5.26 Å². The molecule has 0 amide bonds. The van der Waals surface area contributed by atoms with E-state index in [0.29, 0.717) is 36.6 Å². The van der Waals surface area contributed by atoms with Gasteiger partial charge in [0.05, 0.1) is 16.1 Å². The van der Waals surface area contributed by atoms with E-state index in [1.54, 1.807) is 12.1 Å². The first kappa shape index (κ1) is 17.5. The first-order valence-electron chi connectivity index (χ1n) is 8.25. The van der Waals surface area contributed by atoms with Gasteiger partial charge in [-0.1, -0.05) is 29.8 Å². The Morgan fingerprint density at radius 3 is 2.32 bits per heavy atom. The average Bonchev–Trinajstić information content (AvgIpc) is 2.61. The molecule has 1 fully saturated rings. The third-order valence-corrected chi connectivity index (χ3v) is 6.61. The number of para-hydroxylation sites is 1. The van der Waals surface area contributed by atoms with Crippen LogP contribution in [0, 0.1) is 25.2 Å². The molecule has 0 N–H and O–H groups in total. The van der Waals surface area contributed by atoms with Gasteiger partial charge in [-0.05, 0) is 37.6 Å². The lowest BCUT2D eigenvalue weighted by Crippen LogP contribution is -2.49. The number of nitriles is 1. The number of hydrogen-bond donors (Lipinski definition) is 0. The molecule has 130 valence electrons. The van der Waals surface area contributed by atoms with Gasteiger partial charge in [-0.15, -0.1) is 0 Å². The Morgan fingerprint density at radius 1 is 1.00 bits per heavy atom. The van der Waals surface area contributed by atoms with Gasteiger partial charge in [-0.3, -0.25) is 0 Å². The lowest BCUT2D eigenvalue weighted by atomic mass is 10.1. The average molecular weight is 355 g/mol. The van der Waals surface area contributed by atoms with Crippen LogP contribution >= 0.6 is 0 Å². The number of benzene rings is 2. The van der Waals surface area contributed by atoms with Crippen LogP contribution in [-0.4, -0.2) is 38.9 Å². The number of sulfonamides is 1. The summed E-state index contributed by atoms with van der Waals surface area (Å²) in [5, 5.41) is 9.25. The molecule has 2 aromatic carbocycles. The van der Waals surface area contributed by atoms with E-state index in [9.17, 15) is 13.7 Å². The van der Waals surface area contributed by atoms with Crippen molar-refractivity contribution < 1.29 is 8.42 Å². The molecule has 1 aliphatic heterocycles. The molecule has 0 saturated carbocycles. The Balaban J connectivity index is 1.79. The predicted octanol–water partition coefficient (Wildman–Crippen LogP) is 2.69. The van der Waals surface area contributed by atoms with Gasteiger partial charge in [0.2, 0.25) is 10.0 Å². The molecule has 0 spiro atoms. The van der Waals surface area contributed by atoms with Crippen LogP contribution in [0.5, 0.6) is 0 Å². The summed E-state index contributed by atoms with van der Waals surface area (Å²) in [7, 11) is -3.49. The zero-order valence-electron chi connectivity index (χ0n) is 14.4. The van der Waals surface area contributed by atoms with Gasteiger partial charge in [0, 0.05) is 26.2 Å². The summed E-state index contributed by atoms with van der Waals surface area (Å²) in [6, 6.07) is 15.0. The van der Waals surface area contributed by atoms with E-state index in [2.05, 4.69) is 11.0 Å². The van der Waals surface area contributed by atoms with Crippen molar-refractivity contribution in [1.82, 2.24) is 4.31 Å².